The van der Waals surface area contributed by atoms with E-state index >= 15 is 0 Å². The van der Waals surface area contributed by atoms with Crippen LogP contribution in [0.3, 0.4) is 0 Å². The summed E-state index contributed by atoms with van der Waals surface area (Å²) in [5.41, 5.74) is 10.6. The van der Waals surface area contributed by atoms with E-state index in [-0.39, 0.29) is 0 Å². The summed E-state index contributed by atoms with van der Waals surface area (Å²) in [6.45, 7) is 12.1. The van der Waals surface area contributed by atoms with Crippen molar-refractivity contribution in [2.75, 3.05) is 23.9 Å². The van der Waals surface area contributed by atoms with Gasteiger partial charge in [-0.3, -0.25) is 0 Å². The van der Waals surface area contributed by atoms with Crippen molar-refractivity contribution in [1.29, 1.82) is 0 Å². The molecule has 5 rings (SSSR count). The lowest BCUT2D eigenvalue weighted by atomic mass is 9.68. The first-order valence-electron chi connectivity index (χ1n) is 15.0. The van der Waals surface area contributed by atoms with E-state index in [1.807, 2.05) is 0 Å². The summed E-state index contributed by atoms with van der Waals surface area (Å²) in [5, 5.41) is 0. The highest BCUT2D eigenvalue weighted by Crippen LogP contribution is 2.46. The molecule has 0 spiro atoms. The number of anilines is 2. The number of allylic oxidation sites excluding steroid dienone is 2. The smallest absolute Gasteiger partial charge is 0.0478 e. The summed E-state index contributed by atoms with van der Waals surface area (Å²) in [7, 11) is 4.16. The van der Waals surface area contributed by atoms with Crippen LogP contribution in [0.25, 0.3) is 11.1 Å². The maximum Gasteiger partial charge on any atom is 0.0478 e. The van der Waals surface area contributed by atoms with Crippen LogP contribution in [0.1, 0.15) is 75.3 Å². The number of hydrogen-bond acceptors (Lipinski definition) is 2. The van der Waals surface area contributed by atoms with Gasteiger partial charge < -0.3 is 9.80 Å². The lowest BCUT2D eigenvalue weighted by Crippen LogP contribution is -2.28. The van der Waals surface area contributed by atoms with Crippen LogP contribution in [0, 0.1) is 11.8 Å². The lowest BCUT2D eigenvalue weighted by Gasteiger charge is -2.38. The number of hydrogen-bond donors (Lipinski definition) is 0. The Kier molecular flexibility index (Phi) is 8.60. The van der Waals surface area contributed by atoms with Crippen molar-refractivity contribution in [3.8, 4) is 11.1 Å². The van der Waals surface area contributed by atoms with Crippen molar-refractivity contribution in [2.24, 2.45) is 11.8 Å². The molecule has 2 saturated carbocycles. The van der Waals surface area contributed by atoms with E-state index in [2.05, 4.69) is 110 Å². The van der Waals surface area contributed by atoms with Crippen LogP contribution in [-0.2, 0) is 6.54 Å². The molecule has 2 fully saturated rings. The molecule has 0 amide bonds. The summed E-state index contributed by atoms with van der Waals surface area (Å²) in [6, 6.07) is 27.3. The van der Waals surface area contributed by atoms with Crippen LogP contribution in [-0.4, -0.2) is 14.1 Å². The molecule has 204 valence electrons. The van der Waals surface area contributed by atoms with Gasteiger partial charge in [0.05, 0.1) is 0 Å². The van der Waals surface area contributed by atoms with Gasteiger partial charge in [-0.15, -0.1) is 0 Å². The number of benzene rings is 3. The van der Waals surface area contributed by atoms with Gasteiger partial charge >= 0.3 is 0 Å². The molecule has 39 heavy (non-hydrogen) atoms. The summed E-state index contributed by atoms with van der Waals surface area (Å²) in [5.74, 6) is 1.94. The molecule has 0 bridgehead atoms. The zero-order chi connectivity index (χ0) is 27.4. The van der Waals surface area contributed by atoms with Crippen molar-refractivity contribution in [2.45, 2.75) is 70.8 Å². The van der Waals surface area contributed by atoms with Crippen molar-refractivity contribution < 1.29 is 0 Å². The normalized spacial score (nSPS) is 19.3. The minimum absolute atomic E-state index is 0.581. The molecule has 2 nitrogen and oxygen atoms in total. The molecule has 2 aliphatic rings. The van der Waals surface area contributed by atoms with E-state index in [4.69, 9.17) is 6.58 Å². The van der Waals surface area contributed by atoms with Crippen LogP contribution in [0.2, 0.25) is 0 Å². The molecule has 0 atom stereocenters. The maximum absolute atomic E-state index is 4.70. The second-order valence-electron chi connectivity index (χ2n) is 12.0. The highest BCUT2D eigenvalue weighted by atomic mass is 15.1. The van der Waals surface area contributed by atoms with E-state index in [9.17, 15) is 0 Å². The van der Waals surface area contributed by atoms with Gasteiger partial charge in [0.1, 0.15) is 0 Å². The van der Waals surface area contributed by atoms with E-state index in [0.717, 1.165) is 13.0 Å². The Morgan fingerprint density at radius 2 is 1.41 bits per heavy atom. The van der Waals surface area contributed by atoms with E-state index in [1.54, 1.807) is 0 Å². The fourth-order valence-electron chi connectivity index (χ4n) is 6.41. The van der Waals surface area contributed by atoms with Crippen LogP contribution < -0.4 is 9.80 Å². The number of rotatable bonds is 10. The Morgan fingerprint density at radius 1 is 0.769 bits per heavy atom. The second-order valence-corrected chi connectivity index (χ2v) is 12.0. The zero-order valence-corrected chi connectivity index (χ0v) is 24.3. The Labute approximate surface area is 237 Å². The highest BCUT2D eigenvalue weighted by Gasteiger charge is 2.32. The first-order valence-corrected chi connectivity index (χ1v) is 15.0. The van der Waals surface area contributed by atoms with Gasteiger partial charge in [0.15, 0.2) is 0 Å². The van der Waals surface area contributed by atoms with Crippen LogP contribution in [0.4, 0.5) is 11.4 Å². The molecule has 0 N–H and O–H groups in total. The van der Waals surface area contributed by atoms with Gasteiger partial charge in [-0.05, 0) is 96.4 Å². The topological polar surface area (TPSA) is 6.48 Å². The Hall–Kier alpha value is -3.26. The van der Waals surface area contributed by atoms with Gasteiger partial charge in [0, 0.05) is 37.7 Å². The summed E-state index contributed by atoms with van der Waals surface area (Å²) in [4.78, 5) is 4.66. The minimum atomic E-state index is 0.581. The first kappa shape index (κ1) is 27.3. The van der Waals surface area contributed by atoms with E-state index in [0.29, 0.717) is 17.8 Å². The molecule has 0 aliphatic heterocycles. The predicted molar refractivity (Wildman–Crippen MR) is 169 cm³/mol. The third-order valence-corrected chi connectivity index (χ3v) is 9.26. The summed E-state index contributed by atoms with van der Waals surface area (Å²) < 4.78 is 0. The lowest BCUT2D eigenvalue weighted by molar-refractivity contribution is 0.303. The second kappa shape index (κ2) is 12.3. The molecular formula is C37H46N2. The monoisotopic (exact) mass is 518 g/mol. The first-order chi connectivity index (χ1) is 18.9. The van der Waals surface area contributed by atoms with Crippen LogP contribution >= 0.6 is 0 Å². The highest BCUT2D eigenvalue weighted by molar-refractivity contribution is 5.66. The standard InChI is InChI=1S/C37H46N2/c1-6-27(2)34-23-35(24-34)33-13-10-14-37(25-33)39(28(3)30-11-8-7-9-12-30)26-29-15-17-31(18-16-29)32-19-21-36(22-20-32)38(4)5/h10,13-22,25,30,34-35H,2-3,6-9,11-12,23-24,26H2,1,4-5H3. The van der Waals surface area contributed by atoms with Gasteiger partial charge in [-0.1, -0.05) is 93.4 Å². The number of nitrogens with zero attached hydrogens (tertiary/aromatic N) is 2. The summed E-state index contributed by atoms with van der Waals surface area (Å²) >= 11 is 0. The molecular weight excluding hydrogens is 472 g/mol. The largest absolute Gasteiger partial charge is 0.378 e. The van der Waals surface area contributed by atoms with Crippen molar-refractivity contribution >= 4 is 11.4 Å². The molecule has 3 aromatic rings. The Bertz CT molecular complexity index is 1260. The maximum atomic E-state index is 4.70. The van der Waals surface area contributed by atoms with Crippen LogP contribution in [0.15, 0.2) is 97.2 Å². The molecule has 0 unspecified atom stereocenters. The van der Waals surface area contributed by atoms with Crippen LogP contribution in [0.5, 0.6) is 0 Å². The zero-order valence-electron chi connectivity index (χ0n) is 24.3. The molecule has 0 saturated heterocycles. The Balaban J connectivity index is 1.36. The fraction of sp³-hybridized carbons (Fsp3) is 0.405. The van der Waals surface area contributed by atoms with E-state index < -0.39 is 0 Å². The molecule has 0 aromatic heterocycles. The summed E-state index contributed by atoms with van der Waals surface area (Å²) in [6.07, 6.45) is 10.1. The SMILES string of the molecule is C=C(CC)C1CC(c2cccc(N(Cc3ccc(-c4ccc(N(C)C)cc4)cc3)C(=C)C3CCCCC3)c2)C1. The molecule has 3 aromatic carbocycles. The predicted octanol–water partition coefficient (Wildman–Crippen LogP) is 9.98. The molecule has 0 heterocycles. The Morgan fingerprint density at radius 3 is 2.03 bits per heavy atom. The third-order valence-electron chi connectivity index (χ3n) is 9.26. The van der Waals surface area contributed by atoms with Gasteiger partial charge in [-0.2, -0.15) is 0 Å². The minimum Gasteiger partial charge on any atom is -0.378 e. The molecule has 2 heteroatoms. The third kappa shape index (κ3) is 6.32. The average Bonchev–Trinajstić information content (AvgIpc) is 2.95. The van der Waals surface area contributed by atoms with Crippen molar-refractivity contribution in [1.82, 2.24) is 0 Å². The van der Waals surface area contributed by atoms with Crippen molar-refractivity contribution in [3.63, 3.8) is 0 Å². The van der Waals surface area contributed by atoms with Crippen molar-refractivity contribution in [3.05, 3.63) is 108 Å². The van der Waals surface area contributed by atoms with E-state index in [1.165, 1.54) is 89.8 Å². The average molecular weight is 519 g/mol. The van der Waals surface area contributed by atoms with Gasteiger partial charge in [0.25, 0.3) is 0 Å². The van der Waals surface area contributed by atoms with Gasteiger partial charge in [0.2, 0.25) is 0 Å². The quantitative estimate of drug-likeness (QED) is 0.246. The molecule has 2 aliphatic carbocycles. The fourth-order valence-corrected chi connectivity index (χ4v) is 6.41. The van der Waals surface area contributed by atoms with Gasteiger partial charge in [-0.25, -0.2) is 0 Å². The molecule has 0 radical (unpaired) electrons.